The highest BCUT2D eigenvalue weighted by atomic mass is 32.2. The lowest BCUT2D eigenvalue weighted by Crippen LogP contribution is -2.41. The lowest BCUT2D eigenvalue weighted by atomic mass is 10.1. The Morgan fingerprint density at radius 1 is 1.00 bits per heavy atom. The van der Waals surface area contributed by atoms with Gasteiger partial charge in [-0.05, 0) is 50.6 Å². The van der Waals surface area contributed by atoms with Gasteiger partial charge in [-0.1, -0.05) is 35.9 Å². The molecule has 0 radical (unpaired) electrons. The molecule has 0 aliphatic heterocycles. The summed E-state index contributed by atoms with van der Waals surface area (Å²) in [6, 6.07) is 17.5. The van der Waals surface area contributed by atoms with Crippen molar-refractivity contribution in [2.45, 2.75) is 25.7 Å². The van der Waals surface area contributed by atoms with E-state index in [1.54, 1.807) is 54.3 Å². The van der Waals surface area contributed by atoms with Crippen molar-refractivity contribution >= 4 is 21.6 Å². The third kappa shape index (κ3) is 5.51. The van der Waals surface area contributed by atoms with Crippen molar-refractivity contribution in [3.63, 3.8) is 0 Å². The van der Waals surface area contributed by atoms with Crippen molar-refractivity contribution in [2.75, 3.05) is 31.0 Å². The predicted molar refractivity (Wildman–Crippen MR) is 129 cm³/mol. The molecule has 0 aliphatic rings. The van der Waals surface area contributed by atoms with Crippen molar-refractivity contribution in [1.82, 2.24) is 9.88 Å². The average molecular weight is 468 g/mol. The molecule has 3 rings (SSSR count). The molecule has 1 aromatic heterocycles. The molecule has 0 fully saturated rings. The van der Waals surface area contributed by atoms with Crippen molar-refractivity contribution < 1.29 is 17.9 Å². The van der Waals surface area contributed by atoms with Crippen LogP contribution in [-0.2, 0) is 10.0 Å². The minimum atomic E-state index is -3.89. The molecule has 8 heteroatoms. The van der Waals surface area contributed by atoms with Crippen LogP contribution in [0.1, 0.15) is 28.4 Å². The summed E-state index contributed by atoms with van der Waals surface area (Å²) < 4.78 is 33.7. The molecule has 1 heterocycles. The van der Waals surface area contributed by atoms with E-state index in [1.165, 1.54) is 17.6 Å². The predicted octanol–water partition coefficient (Wildman–Crippen LogP) is 4.06. The number of methoxy groups -OCH3 is 1. The summed E-state index contributed by atoms with van der Waals surface area (Å²) >= 11 is 0. The Labute approximate surface area is 195 Å². The van der Waals surface area contributed by atoms with Gasteiger partial charge in [0.15, 0.2) is 0 Å². The number of rotatable bonds is 9. The molecule has 7 nitrogen and oxygen atoms in total. The summed E-state index contributed by atoms with van der Waals surface area (Å²) in [5.41, 5.74) is 2.62. The number of amides is 1. The SMILES string of the molecule is CCN(CCN(c1ccc(OC)nc1)S(=O)(=O)c1ccccc1C)C(=O)c1cccc(C)c1. The van der Waals surface area contributed by atoms with Crippen LogP contribution < -0.4 is 9.04 Å². The second-order valence-electron chi connectivity index (χ2n) is 7.66. The molecule has 1 amide bonds. The molecule has 174 valence electrons. The topological polar surface area (TPSA) is 79.8 Å². The number of carbonyl (C=O) groups excluding carboxylic acids is 1. The molecule has 0 aliphatic carbocycles. The Balaban J connectivity index is 1.94. The smallest absolute Gasteiger partial charge is 0.264 e. The van der Waals surface area contributed by atoms with E-state index in [1.807, 2.05) is 32.0 Å². The number of pyridine rings is 1. The Hall–Kier alpha value is -3.39. The number of aromatic nitrogens is 1. The molecule has 3 aromatic rings. The molecule has 0 unspecified atom stereocenters. The van der Waals surface area contributed by atoms with E-state index in [0.717, 1.165) is 5.56 Å². The van der Waals surface area contributed by atoms with Gasteiger partial charge in [0, 0.05) is 24.7 Å². The lowest BCUT2D eigenvalue weighted by molar-refractivity contribution is 0.0769. The van der Waals surface area contributed by atoms with Gasteiger partial charge in [0.1, 0.15) is 0 Å². The van der Waals surface area contributed by atoms with E-state index in [-0.39, 0.29) is 23.9 Å². The van der Waals surface area contributed by atoms with Crippen molar-refractivity contribution in [2.24, 2.45) is 0 Å². The minimum absolute atomic E-state index is 0.0794. The fourth-order valence-electron chi connectivity index (χ4n) is 3.57. The Morgan fingerprint density at radius 3 is 2.36 bits per heavy atom. The number of carbonyl (C=O) groups is 1. The number of anilines is 1. The summed E-state index contributed by atoms with van der Waals surface area (Å²) in [6.45, 7) is 6.32. The van der Waals surface area contributed by atoms with Crippen LogP contribution in [-0.4, -0.2) is 51.0 Å². The Kier molecular flexibility index (Phi) is 7.71. The Morgan fingerprint density at radius 2 is 1.76 bits per heavy atom. The van der Waals surface area contributed by atoms with Gasteiger partial charge in [0.25, 0.3) is 15.9 Å². The molecule has 0 bridgehead atoms. The van der Waals surface area contributed by atoms with E-state index >= 15 is 0 Å². The monoisotopic (exact) mass is 467 g/mol. The van der Waals surface area contributed by atoms with E-state index in [4.69, 9.17) is 4.74 Å². The lowest BCUT2D eigenvalue weighted by Gasteiger charge is -2.28. The van der Waals surface area contributed by atoms with Crippen molar-refractivity contribution in [1.29, 1.82) is 0 Å². The largest absolute Gasteiger partial charge is 0.481 e. The van der Waals surface area contributed by atoms with Gasteiger partial charge in [-0.2, -0.15) is 0 Å². The van der Waals surface area contributed by atoms with Crippen LogP contribution in [0.25, 0.3) is 0 Å². The zero-order chi connectivity index (χ0) is 24.0. The van der Waals surface area contributed by atoms with Crippen LogP contribution >= 0.6 is 0 Å². The van der Waals surface area contributed by atoms with Crippen LogP contribution in [0.5, 0.6) is 5.88 Å². The van der Waals surface area contributed by atoms with Crippen molar-refractivity contribution in [3.05, 3.63) is 83.6 Å². The number of ether oxygens (including phenoxy) is 1. The second kappa shape index (κ2) is 10.5. The number of sulfonamides is 1. The van der Waals surface area contributed by atoms with E-state index in [9.17, 15) is 13.2 Å². The van der Waals surface area contributed by atoms with Gasteiger partial charge >= 0.3 is 0 Å². The van der Waals surface area contributed by atoms with Gasteiger partial charge in [0.05, 0.1) is 30.4 Å². The highest BCUT2D eigenvalue weighted by Gasteiger charge is 2.28. The average Bonchev–Trinajstić information content (AvgIpc) is 2.81. The Bertz CT molecular complexity index is 1210. The summed E-state index contributed by atoms with van der Waals surface area (Å²) in [5.74, 6) is 0.249. The number of benzene rings is 2. The zero-order valence-corrected chi connectivity index (χ0v) is 20.2. The minimum Gasteiger partial charge on any atom is -0.481 e. The third-order valence-corrected chi connectivity index (χ3v) is 7.37. The molecule has 2 aromatic carbocycles. The number of hydrogen-bond acceptors (Lipinski definition) is 5. The molecule has 0 N–H and O–H groups in total. The number of aryl methyl sites for hydroxylation is 2. The van der Waals surface area contributed by atoms with Gasteiger partial charge in [-0.25, -0.2) is 13.4 Å². The number of nitrogens with zero attached hydrogens (tertiary/aromatic N) is 3. The van der Waals surface area contributed by atoms with Gasteiger partial charge in [-0.15, -0.1) is 0 Å². The molecule has 33 heavy (non-hydrogen) atoms. The standard InChI is InChI=1S/C25H29N3O4S/c1-5-27(25(29)21-11-8-9-19(2)17-21)15-16-28(22-13-14-24(32-4)26-18-22)33(30,31)23-12-7-6-10-20(23)3/h6-14,17-18H,5,15-16H2,1-4H3. The maximum Gasteiger partial charge on any atom is 0.264 e. The van der Waals surface area contributed by atoms with Crippen LogP contribution in [0.4, 0.5) is 5.69 Å². The van der Waals surface area contributed by atoms with Crippen LogP contribution in [0.3, 0.4) is 0 Å². The maximum absolute atomic E-state index is 13.7. The van der Waals surface area contributed by atoms with Crippen molar-refractivity contribution in [3.8, 4) is 5.88 Å². The molecular formula is C25H29N3O4S. The van der Waals surface area contributed by atoms with Gasteiger partial charge in [-0.3, -0.25) is 9.10 Å². The zero-order valence-electron chi connectivity index (χ0n) is 19.4. The number of hydrogen-bond donors (Lipinski definition) is 0. The first-order valence-electron chi connectivity index (χ1n) is 10.7. The first kappa shape index (κ1) is 24.3. The summed E-state index contributed by atoms with van der Waals surface area (Å²) in [6.07, 6.45) is 1.47. The highest BCUT2D eigenvalue weighted by Crippen LogP contribution is 2.26. The first-order valence-corrected chi connectivity index (χ1v) is 12.2. The fraction of sp³-hybridized carbons (Fsp3) is 0.280. The molecule has 0 spiro atoms. The fourth-order valence-corrected chi connectivity index (χ4v) is 5.24. The van der Waals surface area contributed by atoms with Crippen LogP contribution in [0.2, 0.25) is 0 Å². The summed E-state index contributed by atoms with van der Waals surface area (Å²) in [5, 5.41) is 0. The summed E-state index contributed by atoms with van der Waals surface area (Å²) in [4.78, 5) is 19.1. The van der Waals surface area contributed by atoms with E-state index in [0.29, 0.717) is 29.2 Å². The second-order valence-corrected chi connectivity index (χ2v) is 9.49. The van der Waals surface area contributed by atoms with Crippen LogP contribution in [0.15, 0.2) is 71.8 Å². The van der Waals surface area contributed by atoms with Gasteiger partial charge in [0.2, 0.25) is 5.88 Å². The third-order valence-electron chi connectivity index (χ3n) is 5.39. The molecular weight excluding hydrogens is 438 g/mol. The quantitative estimate of drug-likeness (QED) is 0.474. The number of likely N-dealkylation sites (N-methyl/N-ethyl adjacent to an activating group) is 1. The first-order chi connectivity index (χ1) is 15.8. The molecule has 0 saturated heterocycles. The highest BCUT2D eigenvalue weighted by molar-refractivity contribution is 7.92. The van der Waals surface area contributed by atoms with E-state index in [2.05, 4.69) is 4.98 Å². The van der Waals surface area contributed by atoms with Crippen LogP contribution in [0, 0.1) is 13.8 Å². The van der Waals surface area contributed by atoms with Gasteiger partial charge < -0.3 is 9.64 Å². The molecule has 0 saturated carbocycles. The maximum atomic E-state index is 13.7. The molecule has 0 atom stereocenters. The van der Waals surface area contributed by atoms with E-state index < -0.39 is 10.0 Å². The normalized spacial score (nSPS) is 11.2. The summed E-state index contributed by atoms with van der Waals surface area (Å²) in [7, 11) is -2.39.